The first kappa shape index (κ1) is 19.9. The second-order valence-electron chi connectivity index (χ2n) is 7.57. The smallest absolute Gasteiger partial charge is 0.260 e. The Morgan fingerprint density at radius 3 is 2.85 bits per heavy atom. The average Bonchev–Trinajstić information content (AvgIpc) is 3.08. The van der Waals surface area contributed by atoms with E-state index in [2.05, 4.69) is 25.2 Å². The van der Waals surface area contributed by atoms with Crippen molar-refractivity contribution in [3.63, 3.8) is 0 Å². The normalized spacial score (nSPS) is 14.7. The summed E-state index contributed by atoms with van der Waals surface area (Å²) in [6.45, 7) is 6.75. The maximum Gasteiger partial charge on any atom is 0.260 e. The number of thiazole rings is 1. The Balaban J connectivity index is 1.41. The molecule has 1 aliphatic rings. The topological polar surface area (TPSA) is 51.2 Å². The molecular weight excluding hydrogens is 356 g/mol. The lowest BCUT2D eigenvalue weighted by Crippen LogP contribution is -2.36. The van der Waals surface area contributed by atoms with Crippen LogP contribution in [0.15, 0.2) is 24.3 Å². The molecule has 0 saturated heterocycles. The molecule has 0 radical (unpaired) electrons. The van der Waals surface area contributed by atoms with Crippen LogP contribution in [-0.2, 0) is 24.1 Å². The molecule has 0 spiro atoms. The third-order valence-electron chi connectivity index (χ3n) is 4.96. The fourth-order valence-electron chi connectivity index (χ4n) is 3.31. The van der Waals surface area contributed by atoms with Gasteiger partial charge in [-0.3, -0.25) is 4.79 Å². The monoisotopic (exact) mass is 386 g/mol. The molecule has 3 rings (SSSR count). The van der Waals surface area contributed by atoms with Gasteiger partial charge in [-0.2, -0.15) is 0 Å². The van der Waals surface area contributed by atoms with E-state index >= 15 is 0 Å². The molecular formula is C22H30N2O2S. The lowest BCUT2D eigenvalue weighted by atomic mass is 10.0. The first-order valence-electron chi connectivity index (χ1n) is 10.0. The summed E-state index contributed by atoms with van der Waals surface area (Å²) in [5.74, 6) is 1.12. The van der Waals surface area contributed by atoms with Crippen LogP contribution in [-0.4, -0.2) is 23.5 Å². The van der Waals surface area contributed by atoms with Crippen molar-refractivity contribution >= 4 is 17.2 Å². The van der Waals surface area contributed by atoms with Crippen molar-refractivity contribution in [3.05, 3.63) is 45.4 Å². The van der Waals surface area contributed by atoms with Gasteiger partial charge in [0.15, 0.2) is 6.10 Å². The van der Waals surface area contributed by atoms with E-state index in [1.807, 2.05) is 29.5 Å². The number of nitrogens with one attached hydrogen (secondary N) is 1. The van der Waals surface area contributed by atoms with E-state index < -0.39 is 6.10 Å². The Morgan fingerprint density at radius 1 is 1.26 bits per heavy atom. The number of rotatable bonds is 8. The van der Waals surface area contributed by atoms with E-state index in [-0.39, 0.29) is 5.91 Å². The van der Waals surface area contributed by atoms with Gasteiger partial charge in [-0.25, -0.2) is 4.98 Å². The number of hydrogen-bond acceptors (Lipinski definition) is 4. The van der Waals surface area contributed by atoms with Crippen LogP contribution in [0.25, 0.3) is 0 Å². The van der Waals surface area contributed by atoms with E-state index in [4.69, 9.17) is 9.72 Å². The van der Waals surface area contributed by atoms with Crippen LogP contribution < -0.4 is 10.1 Å². The zero-order chi connectivity index (χ0) is 19.2. The van der Waals surface area contributed by atoms with Crippen LogP contribution in [0.3, 0.4) is 0 Å². The molecule has 1 heterocycles. The van der Waals surface area contributed by atoms with E-state index in [0.29, 0.717) is 12.5 Å². The summed E-state index contributed by atoms with van der Waals surface area (Å²) in [6.07, 6.45) is 6.23. The third-order valence-corrected chi connectivity index (χ3v) is 6.18. The number of hydrogen-bond donors (Lipinski definition) is 1. The quantitative estimate of drug-likeness (QED) is 0.671. The van der Waals surface area contributed by atoms with Crippen molar-refractivity contribution in [2.45, 2.75) is 71.3 Å². The van der Waals surface area contributed by atoms with E-state index in [1.54, 1.807) is 6.92 Å². The standard InChI is InChI=1S/C22H30N2O2S/c1-15(2)17-8-6-9-18(14-17)26-16(3)22(25)23-13-7-12-21-24-19-10-4-5-11-20(19)27-21/h6,8-9,14-16H,4-5,7,10-13H2,1-3H3,(H,23,25). The first-order valence-corrected chi connectivity index (χ1v) is 10.9. The lowest BCUT2D eigenvalue weighted by Gasteiger charge is -2.16. The van der Waals surface area contributed by atoms with Crippen molar-refractivity contribution in [1.29, 1.82) is 0 Å². The van der Waals surface area contributed by atoms with Gasteiger partial charge < -0.3 is 10.1 Å². The Hall–Kier alpha value is -1.88. The second kappa shape index (κ2) is 9.36. The highest BCUT2D eigenvalue weighted by molar-refractivity contribution is 7.11. The van der Waals surface area contributed by atoms with E-state index in [1.165, 1.54) is 40.4 Å². The number of benzene rings is 1. The summed E-state index contributed by atoms with van der Waals surface area (Å²) < 4.78 is 5.82. The van der Waals surface area contributed by atoms with Crippen molar-refractivity contribution in [3.8, 4) is 5.75 Å². The average molecular weight is 387 g/mol. The highest BCUT2D eigenvalue weighted by Crippen LogP contribution is 2.27. The van der Waals surface area contributed by atoms with Crippen LogP contribution in [0, 0.1) is 0 Å². The number of ether oxygens (including phenoxy) is 1. The minimum Gasteiger partial charge on any atom is -0.481 e. The predicted octanol–water partition coefficient (Wildman–Crippen LogP) is 4.66. The molecule has 27 heavy (non-hydrogen) atoms. The summed E-state index contributed by atoms with van der Waals surface area (Å²) >= 11 is 1.86. The molecule has 4 nitrogen and oxygen atoms in total. The van der Waals surface area contributed by atoms with Crippen LogP contribution in [0.2, 0.25) is 0 Å². The van der Waals surface area contributed by atoms with Crippen LogP contribution in [0.1, 0.15) is 67.1 Å². The molecule has 1 aromatic carbocycles. The van der Waals surface area contributed by atoms with Crippen LogP contribution in [0.4, 0.5) is 0 Å². The first-order chi connectivity index (χ1) is 13.0. The Kier molecular flexibility index (Phi) is 6.89. The minimum absolute atomic E-state index is 0.0663. The lowest BCUT2D eigenvalue weighted by molar-refractivity contribution is -0.127. The maximum absolute atomic E-state index is 12.3. The summed E-state index contributed by atoms with van der Waals surface area (Å²) in [6, 6.07) is 7.97. The van der Waals surface area contributed by atoms with Crippen LogP contribution in [0.5, 0.6) is 5.75 Å². The van der Waals surface area contributed by atoms with E-state index in [0.717, 1.165) is 25.0 Å². The maximum atomic E-state index is 12.3. The van der Waals surface area contributed by atoms with Gasteiger partial charge in [0.25, 0.3) is 5.91 Å². The molecule has 1 N–H and O–H groups in total. The molecule has 0 fully saturated rings. The van der Waals surface area contributed by atoms with Crippen molar-refractivity contribution in [2.75, 3.05) is 6.54 Å². The van der Waals surface area contributed by atoms with Gasteiger partial charge >= 0.3 is 0 Å². The molecule has 1 atom stereocenters. The highest BCUT2D eigenvalue weighted by Gasteiger charge is 2.16. The van der Waals surface area contributed by atoms with Crippen molar-refractivity contribution in [2.24, 2.45) is 0 Å². The molecule has 1 aliphatic carbocycles. The number of carbonyl (C=O) groups excluding carboxylic acids is 1. The van der Waals surface area contributed by atoms with Crippen molar-refractivity contribution in [1.82, 2.24) is 10.3 Å². The molecule has 146 valence electrons. The van der Waals surface area contributed by atoms with Gasteiger partial charge in [-0.15, -0.1) is 11.3 Å². The zero-order valence-corrected chi connectivity index (χ0v) is 17.4. The molecule has 2 aromatic rings. The van der Waals surface area contributed by atoms with Gasteiger partial charge in [0.2, 0.25) is 0 Å². The molecule has 1 aromatic heterocycles. The molecule has 0 aliphatic heterocycles. The summed E-state index contributed by atoms with van der Waals surface area (Å²) in [4.78, 5) is 18.5. The molecule has 1 unspecified atom stereocenters. The highest BCUT2D eigenvalue weighted by atomic mass is 32.1. The largest absolute Gasteiger partial charge is 0.481 e. The third kappa shape index (κ3) is 5.55. The SMILES string of the molecule is CC(Oc1cccc(C(C)C)c1)C(=O)NCCCc1nc2c(s1)CCCC2. The zero-order valence-electron chi connectivity index (χ0n) is 16.6. The fraction of sp³-hybridized carbons (Fsp3) is 0.545. The number of fused-ring (bicyclic) bond motifs is 1. The number of aryl methyl sites for hydroxylation is 3. The summed E-state index contributed by atoms with van der Waals surface area (Å²) in [7, 11) is 0. The Labute approximate surface area is 166 Å². The fourth-order valence-corrected chi connectivity index (χ4v) is 4.51. The van der Waals surface area contributed by atoms with Gasteiger partial charge in [0.05, 0.1) is 10.7 Å². The molecule has 0 saturated carbocycles. The Morgan fingerprint density at radius 2 is 2.07 bits per heavy atom. The predicted molar refractivity (Wildman–Crippen MR) is 111 cm³/mol. The van der Waals surface area contributed by atoms with Gasteiger partial charge in [0, 0.05) is 17.8 Å². The van der Waals surface area contributed by atoms with Gasteiger partial charge in [0.1, 0.15) is 5.75 Å². The van der Waals surface area contributed by atoms with Gasteiger partial charge in [-0.05, 0) is 62.6 Å². The second-order valence-corrected chi connectivity index (χ2v) is 8.73. The van der Waals surface area contributed by atoms with Crippen molar-refractivity contribution < 1.29 is 9.53 Å². The summed E-state index contributed by atoms with van der Waals surface area (Å²) in [5, 5.41) is 4.20. The number of nitrogens with zero attached hydrogens (tertiary/aromatic N) is 1. The molecule has 1 amide bonds. The molecule has 0 bridgehead atoms. The number of amides is 1. The number of aromatic nitrogens is 1. The Bertz CT molecular complexity index is 746. The summed E-state index contributed by atoms with van der Waals surface area (Å²) in [5.41, 5.74) is 2.53. The van der Waals surface area contributed by atoms with Crippen LogP contribution >= 0.6 is 11.3 Å². The number of carbonyl (C=O) groups is 1. The van der Waals surface area contributed by atoms with E-state index in [9.17, 15) is 4.79 Å². The minimum atomic E-state index is -0.500. The van der Waals surface area contributed by atoms with Gasteiger partial charge in [-0.1, -0.05) is 26.0 Å². The molecule has 5 heteroatoms.